The molecule has 2 aromatic carbocycles. The first-order valence-electron chi connectivity index (χ1n) is 11.0. The lowest BCUT2D eigenvalue weighted by Crippen LogP contribution is -2.46. The van der Waals surface area contributed by atoms with E-state index in [1.807, 2.05) is 0 Å². The number of para-hydroxylation sites is 1. The van der Waals surface area contributed by atoms with Gasteiger partial charge in [0.2, 0.25) is 11.8 Å². The van der Waals surface area contributed by atoms with Crippen molar-refractivity contribution in [3.05, 3.63) is 71.8 Å². The van der Waals surface area contributed by atoms with E-state index in [4.69, 9.17) is 4.74 Å². The molecular formula is C25H18F3N3O5. The third-order valence-electron chi connectivity index (χ3n) is 6.41. The number of amides is 2. The topological polar surface area (TPSA) is 96.3 Å². The first-order chi connectivity index (χ1) is 17.1. The number of fused-ring (bicyclic) bond motifs is 3. The van der Waals surface area contributed by atoms with Crippen LogP contribution in [0.1, 0.15) is 22.8 Å². The van der Waals surface area contributed by atoms with Crippen LogP contribution in [-0.2, 0) is 20.6 Å². The lowest BCUT2D eigenvalue weighted by molar-refractivity contribution is -0.137. The van der Waals surface area contributed by atoms with Gasteiger partial charge in [-0.05, 0) is 42.5 Å². The van der Waals surface area contributed by atoms with E-state index in [1.54, 1.807) is 12.2 Å². The number of hydrogen-bond donors (Lipinski definition) is 0. The van der Waals surface area contributed by atoms with Crippen LogP contribution in [0.4, 0.5) is 18.9 Å². The van der Waals surface area contributed by atoms with Gasteiger partial charge in [-0.2, -0.15) is 18.3 Å². The Morgan fingerprint density at radius 2 is 1.64 bits per heavy atom. The number of esters is 1. The summed E-state index contributed by atoms with van der Waals surface area (Å²) >= 11 is 0. The van der Waals surface area contributed by atoms with E-state index in [1.165, 1.54) is 54.5 Å². The summed E-state index contributed by atoms with van der Waals surface area (Å²) in [5.74, 6) is -4.93. The summed E-state index contributed by atoms with van der Waals surface area (Å²) in [6, 6.07) is 7.97. The van der Waals surface area contributed by atoms with Crippen LogP contribution in [0.2, 0.25) is 0 Å². The van der Waals surface area contributed by atoms with Crippen molar-refractivity contribution in [3.8, 4) is 5.75 Å². The zero-order valence-electron chi connectivity index (χ0n) is 18.7. The average molecular weight is 497 g/mol. The van der Waals surface area contributed by atoms with Crippen LogP contribution in [0.3, 0.4) is 0 Å². The highest BCUT2D eigenvalue weighted by Crippen LogP contribution is 2.48. The van der Waals surface area contributed by atoms with Crippen LogP contribution < -0.4 is 9.64 Å². The minimum absolute atomic E-state index is 0.162. The third-order valence-corrected chi connectivity index (χ3v) is 6.41. The van der Waals surface area contributed by atoms with Crippen molar-refractivity contribution in [3.63, 3.8) is 0 Å². The van der Waals surface area contributed by atoms with E-state index in [-0.39, 0.29) is 11.3 Å². The van der Waals surface area contributed by atoms with Gasteiger partial charge in [0.25, 0.3) is 0 Å². The lowest BCUT2D eigenvalue weighted by atomic mass is 9.86. The highest BCUT2D eigenvalue weighted by atomic mass is 19.4. The Bertz CT molecular complexity index is 1340. The fraction of sp³-hybridized carbons (Fsp3) is 0.240. The molecule has 0 bridgehead atoms. The van der Waals surface area contributed by atoms with Gasteiger partial charge in [0, 0.05) is 18.7 Å². The maximum atomic E-state index is 13.7. The zero-order chi connectivity index (χ0) is 25.8. The van der Waals surface area contributed by atoms with Crippen molar-refractivity contribution in [2.24, 2.45) is 16.9 Å². The van der Waals surface area contributed by atoms with E-state index in [0.717, 1.165) is 12.1 Å². The molecular weight excluding hydrogens is 479 g/mol. The highest BCUT2D eigenvalue weighted by Gasteiger charge is 2.64. The predicted octanol–water partition coefficient (Wildman–Crippen LogP) is 3.23. The predicted molar refractivity (Wildman–Crippen MR) is 120 cm³/mol. The quantitative estimate of drug-likeness (QED) is 0.279. The first kappa shape index (κ1) is 23.5. The van der Waals surface area contributed by atoms with Gasteiger partial charge in [0.05, 0.1) is 29.1 Å². The Labute approximate surface area is 202 Å². The molecule has 8 nitrogen and oxygen atoms in total. The molecule has 3 aliphatic heterocycles. The Hall–Kier alpha value is -4.28. The standard InChI is InChI=1S/C25H18F3N3O5/c1-13(32)36-15-10-8-14(9-11-15)22(33)21-20-19(18-7-4-12-29-31(18)21)23(34)30(24(20)35)17-6-3-2-5-16(17)25(26,27)28/h2-12,18-21H,1H3. The molecule has 2 amide bonds. The van der Waals surface area contributed by atoms with Gasteiger partial charge in [-0.25, -0.2) is 4.90 Å². The molecule has 0 N–H and O–H groups in total. The van der Waals surface area contributed by atoms with E-state index in [0.29, 0.717) is 4.90 Å². The number of alkyl halides is 3. The molecule has 3 heterocycles. The van der Waals surface area contributed by atoms with Gasteiger partial charge < -0.3 is 4.74 Å². The van der Waals surface area contributed by atoms with Crippen molar-refractivity contribution in [2.45, 2.75) is 25.2 Å². The second kappa shape index (κ2) is 8.43. The van der Waals surface area contributed by atoms with Crippen LogP contribution in [0, 0.1) is 11.8 Å². The molecule has 11 heteroatoms. The molecule has 0 radical (unpaired) electrons. The van der Waals surface area contributed by atoms with Crippen molar-refractivity contribution in [1.29, 1.82) is 0 Å². The molecule has 4 atom stereocenters. The van der Waals surface area contributed by atoms with Crippen LogP contribution in [0.5, 0.6) is 5.75 Å². The number of hydrazone groups is 1. The Morgan fingerprint density at radius 3 is 2.31 bits per heavy atom. The largest absolute Gasteiger partial charge is 0.427 e. The van der Waals surface area contributed by atoms with Crippen molar-refractivity contribution >= 4 is 35.5 Å². The third kappa shape index (κ3) is 3.67. The number of halogens is 3. The zero-order valence-corrected chi connectivity index (χ0v) is 18.7. The number of carbonyl (C=O) groups excluding carboxylic acids is 4. The molecule has 184 valence electrons. The normalized spacial score (nSPS) is 24.7. The summed E-state index contributed by atoms with van der Waals surface area (Å²) in [4.78, 5) is 52.3. The number of anilines is 1. The molecule has 0 saturated carbocycles. The number of Topliss-reactive ketones (excluding diaryl/α,β-unsaturated/α-hetero) is 1. The monoisotopic (exact) mass is 497 g/mol. The number of benzene rings is 2. The van der Waals surface area contributed by atoms with E-state index in [2.05, 4.69) is 5.10 Å². The number of imide groups is 1. The Morgan fingerprint density at radius 1 is 0.972 bits per heavy atom. The van der Waals surface area contributed by atoms with Crippen LogP contribution in [-0.4, -0.2) is 46.9 Å². The molecule has 2 saturated heterocycles. The van der Waals surface area contributed by atoms with E-state index in [9.17, 15) is 32.3 Å². The average Bonchev–Trinajstić information content (AvgIpc) is 3.31. The molecule has 0 aromatic heterocycles. The number of carbonyl (C=O) groups is 4. The minimum atomic E-state index is -4.80. The first-order valence-corrected chi connectivity index (χ1v) is 11.0. The maximum Gasteiger partial charge on any atom is 0.418 e. The number of nitrogens with zero attached hydrogens (tertiary/aromatic N) is 3. The molecule has 2 aromatic rings. The van der Waals surface area contributed by atoms with Crippen molar-refractivity contribution in [1.82, 2.24) is 5.01 Å². The Balaban J connectivity index is 1.55. The highest BCUT2D eigenvalue weighted by molar-refractivity contribution is 6.25. The second-order valence-electron chi connectivity index (χ2n) is 8.53. The summed E-state index contributed by atoms with van der Waals surface area (Å²) in [7, 11) is 0. The van der Waals surface area contributed by atoms with Gasteiger partial charge in [-0.1, -0.05) is 18.2 Å². The van der Waals surface area contributed by atoms with Gasteiger partial charge in [-0.3, -0.25) is 24.2 Å². The summed E-state index contributed by atoms with van der Waals surface area (Å²) in [5.41, 5.74) is -1.53. The number of ketones is 1. The van der Waals surface area contributed by atoms with E-state index < -0.39 is 64.9 Å². The fourth-order valence-electron chi connectivity index (χ4n) is 5.01. The smallest absolute Gasteiger partial charge is 0.418 e. The summed E-state index contributed by atoms with van der Waals surface area (Å²) in [5, 5.41) is 5.57. The van der Waals surface area contributed by atoms with Crippen molar-refractivity contribution < 1.29 is 37.1 Å². The van der Waals surface area contributed by atoms with Gasteiger partial charge in [0.15, 0.2) is 5.78 Å². The maximum absolute atomic E-state index is 13.7. The van der Waals surface area contributed by atoms with Crippen LogP contribution >= 0.6 is 0 Å². The summed E-state index contributed by atoms with van der Waals surface area (Å²) in [6.07, 6.45) is -0.225. The van der Waals surface area contributed by atoms with Crippen LogP contribution in [0.15, 0.2) is 65.8 Å². The van der Waals surface area contributed by atoms with Crippen LogP contribution in [0.25, 0.3) is 0 Å². The minimum Gasteiger partial charge on any atom is -0.427 e. The van der Waals surface area contributed by atoms with Gasteiger partial charge >= 0.3 is 12.1 Å². The second-order valence-corrected chi connectivity index (χ2v) is 8.53. The molecule has 36 heavy (non-hydrogen) atoms. The number of hydrogen-bond acceptors (Lipinski definition) is 7. The fourth-order valence-corrected chi connectivity index (χ4v) is 5.01. The molecule has 3 aliphatic rings. The number of allylic oxidation sites excluding steroid dienone is 1. The van der Waals surface area contributed by atoms with E-state index >= 15 is 0 Å². The summed E-state index contributed by atoms with van der Waals surface area (Å²) in [6.45, 7) is 1.23. The van der Waals surface area contributed by atoms with Crippen molar-refractivity contribution in [2.75, 3.05) is 4.90 Å². The summed E-state index contributed by atoms with van der Waals surface area (Å²) < 4.78 is 46.0. The molecule has 0 aliphatic carbocycles. The Kier molecular flexibility index (Phi) is 5.50. The molecule has 2 fully saturated rings. The number of rotatable bonds is 4. The lowest BCUT2D eigenvalue weighted by Gasteiger charge is -2.30. The van der Waals surface area contributed by atoms with Gasteiger partial charge in [-0.15, -0.1) is 0 Å². The number of ether oxygens (including phenoxy) is 1. The molecule has 0 spiro atoms. The molecule has 4 unspecified atom stereocenters. The molecule has 5 rings (SSSR count). The SMILES string of the molecule is CC(=O)Oc1ccc(C(=O)C2C3C(=O)N(c4ccccc4C(F)(F)F)C(=O)C3C3C=CC=NN32)cc1. The van der Waals surface area contributed by atoms with Gasteiger partial charge in [0.1, 0.15) is 11.8 Å².